The molecule has 0 saturated carbocycles. The second-order valence-electron chi connectivity index (χ2n) is 8.53. The predicted molar refractivity (Wildman–Crippen MR) is 151 cm³/mol. The molecular formula is C25H34ClFN8OS. The molecule has 0 atom stereocenters. The van der Waals surface area contributed by atoms with Gasteiger partial charge in [-0.3, -0.25) is 9.69 Å². The summed E-state index contributed by atoms with van der Waals surface area (Å²) in [6.45, 7) is 6.03. The standard InChI is InChI=1S/C25H34ClFN8OS/c1-37-25(30)22(16-21(29)19-14-17(26)2-3-20(19)27)32-18-4-7-31-23(15-18)33-24(36)5-8-34-10-12-35(9-6-28)13-11-34/h2-4,7,14-16H,5-6,8-13,28-30H2,1H3,(H2,31,32,33,36)/b21-16-,25-22-. The molecule has 1 aromatic carbocycles. The molecule has 200 valence electrons. The molecule has 1 aromatic heterocycles. The van der Waals surface area contributed by atoms with Crippen molar-refractivity contribution in [3.8, 4) is 0 Å². The smallest absolute Gasteiger partial charge is 0.226 e. The lowest BCUT2D eigenvalue weighted by Gasteiger charge is -2.34. The van der Waals surface area contributed by atoms with Gasteiger partial charge in [-0.2, -0.15) is 0 Å². The molecule has 1 amide bonds. The number of anilines is 2. The summed E-state index contributed by atoms with van der Waals surface area (Å²) >= 11 is 7.31. The predicted octanol–water partition coefficient (Wildman–Crippen LogP) is 2.68. The van der Waals surface area contributed by atoms with Crippen LogP contribution in [0.3, 0.4) is 0 Å². The number of hydrogen-bond acceptors (Lipinski definition) is 9. The van der Waals surface area contributed by atoms with E-state index in [0.29, 0.717) is 46.8 Å². The van der Waals surface area contributed by atoms with Gasteiger partial charge >= 0.3 is 0 Å². The van der Waals surface area contributed by atoms with Crippen LogP contribution >= 0.6 is 23.4 Å². The lowest BCUT2D eigenvalue weighted by atomic mass is 10.1. The van der Waals surface area contributed by atoms with Gasteiger partial charge in [-0.05, 0) is 36.6 Å². The molecule has 1 aliphatic heterocycles. The molecular weight excluding hydrogens is 515 g/mol. The van der Waals surface area contributed by atoms with Gasteiger partial charge in [0.15, 0.2) is 0 Å². The summed E-state index contributed by atoms with van der Waals surface area (Å²) in [5, 5.41) is 6.84. The van der Waals surface area contributed by atoms with Crippen LogP contribution in [-0.4, -0.2) is 72.8 Å². The van der Waals surface area contributed by atoms with Gasteiger partial charge < -0.3 is 32.7 Å². The van der Waals surface area contributed by atoms with E-state index >= 15 is 0 Å². The van der Waals surface area contributed by atoms with Crippen LogP contribution in [0.4, 0.5) is 15.9 Å². The molecule has 0 radical (unpaired) electrons. The summed E-state index contributed by atoms with van der Waals surface area (Å²) in [5.41, 5.74) is 19.4. The first-order valence-electron chi connectivity index (χ1n) is 11.9. The second kappa shape index (κ2) is 14.2. The monoisotopic (exact) mass is 548 g/mol. The van der Waals surface area contributed by atoms with Crippen LogP contribution in [0, 0.1) is 5.82 Å². The van der Waals surface area contributed by atoms with Gasteiger partial charge in [-0.15, -0.1) is 11.8 Å². The molecule has 3 rings (SSSR count). The summed E-state index contributed by atoms with van der Waals surface area (Å²) < 4.78 is 14.3. The van der Waals surface area contributed by atoms with E-state index < -0.39 is 5.82 Å². The van der Waals surface area contributed by atoms with Crippen LogP contribution in [0.5, 0.6) is 0 Å². The van der Waals surface area contributed by atoms with E-state index in [1.165, 1.54) is 30.0 Å². The summed E-state index contributed by atoms with van der Waals surface area (Å²) in [5.74, 6) is -0.205. The molecule has 2 aromatic rings. The number of halogens is 2. The number of benzene rings is 1. The average molecular weight is 549 g/mol. The van der Waals surface area contributed by atoms with Gasteiger partial charge in [0.25, 0.3) is 0 Å². The SMILES string of the molecule is CS/C(N)=C(/C=C(\N)c1cc(Cl)ccc1F)Nc1ccnc(NC(=O)CCN2CCN(CCN)CC2)c1. The maximum Gasteiger partial charge on any atom is 0.226 e. The maximum atomic E-state index is 14.3. The fourth-order valence-corrected chi connectivity index (χ4v) is 4.35. The maximum absolute atomic E-state index is 14.3. The van der Waals surface area contributed by atoms with E-state index in [9.17, 15) is 9.18 Å². The molecule has 12 heteroatoms. The summed E-state index contributed by atoms with van der Waals surface area (Å²) in [6, 6.07) is 7.59. The van der Waals surface area contributed by atoms with Crippen LogP contribution in [0.1, 0.15) is 12.0 Å². The molecule has 1 saturated heterocycles. The van der Waals surface area contributed by atoms with Gasteiger partial charge in [0.05, 0.1) is 10.7 Å². The van der Waals surface area contributed by atoms with Crippen molar-refractivity contribution in [1.82, 2.24) is 14.8 Å². The Hall–Kier alpha value is -2.83. The zero-order valence-corrected chi connectivity index (χ0v) is 22.4. The van der Waals surface area contributed by atoms with Crippen molar-refractivity contribution in [2.75, 3.05) is 62.7 Å². The van der Waals surface area contributed by atoms with E-state index in [1.807, 2.05) is 6.26 Å². The summed E-state index contributed by atoms with van der Waals surface area (Å²) in [6.07, 6.45) is 5.31. The minimum atomic E-state index is -0.494. The molecule has 37 heavy (non-hydrogen) atoms. The Morgan fingerprint density at radius 1 is 1.14 bits per heavy atom. The minimum Gasteiger partial charge on any atom is -0.398 e. The van der Waals surface area contributed by atoms with E-state index in [2.05, 4.69) is 25.4 Å². The molecule has 0 unspecified atom stereocenters. The first-order chi connectivity index (χ1) is 17.8. The third kappa shape index (κ3) is 8.90. The third-order valence-corrected chi connectivity index (χ3v) is 6.79. The van der Waals surface area contributed by atoms with E-state index in [4.69, 9.17) is 28.8 Å². The zero-order chi connectivity index (χ0) is 26.8. The van der Waals surface area contributed by atoms with Crippen molar-refractivity contribution < 1.29 is 9.18 Å². The molecule has 2 heterocycles. The van der Waals surface area contributed by atoms with Crippen molar-refractivity contribution in [2.45, 2.75) is 6.42 Å². The highest BCUT2D eigenvalue weighted by Crippen LogP contribution is 2.24. The number of nitrogens with two attached hydrogens (primary N) is 3. The van der Waals surface area contributed by atoms with Gasteiger partial charge in [0, 0.05) is 86.5 Å². The number of allylic oxidation sites excluding steroid dienone is 1. The van der Waals surface area contributed by atoms with Crippen LogP contribution in [0.25, 0.3) is 5.70 Å². The van der Waals surface area contributed by atoms with Crippen molar-refractivity contribution in [1.29, 1.82) is 0 Å². The summed E-state index contributed by atoms with van der Waals surface area (Å²) in [7, 11) is 0. The number of carbonyl (C=O) groups is 1. The van der Waals surface area contributed by atoms with Gasteiger partial charge in [0.2, 0.25) is 5.91 Å². The van der Waals surface area contributed by atoms with Crippen LogP contribution in [0.2, 0.25) is 5.02 Å². The topological polar surface area (TPSA) is 139 Å². The third-order valence-electron chi connectivity index (χ3n) is 5.90. The number of thioether (sulfide) groups is 1. The Bertz CT molecular complexity index is 1140. The molecule has 0 bridgehead atoms. The number of aromatic nitrogens is 1. The normalized spacial score (nSPS) is 15.8. The fourth-order valence-electron chi connectivity index (χ4n) is 3.85. The quantitative estimate of drug-likeness (QED) is 0.268. The van der Waals surface area contributed by atoms with Crippen molar-refractivity contribution in [2.24, 2.45) is 17.2 Å². The number of hydrogen-bond donors (Lipinski definition) is 5. The Morgan fingerprint density at radius 3 is 2.51 bits per heavy atom. The molecule has 1 fully saturated rings. The number of nitrogens with zero attached hydrogens (tertiary/aromatic N) is 3. The largest absolute Gasteiger partial charge is 0.398 e. The molecule has 9 nitrogen and oxygen atoms in total. The Labute approximate surface area is 226 Å². The highest BCUT2D eigenvalue weighted by Gasteiger charge is 2.17. The van der Waals surface area contributed by atoms with Crippen molar-refractivity contribution in [3.63, 3.8) is 0 Å². The van der Waals surface area contributed by atoms with E-state index in [1.54, 1.807) is 24.4 Å². The second-order valence-corrected chi connectivity index (χ2v) is 9.82. The number of nitrogens with one attached hydrogen (secondary N) is 2. The summed E-state index contributed by atoms with van der Waals surface area (Å²) in [4.78, 5) is 21.4. The van der Waals surface area contributed by atoms with Gasteiger partial charge in [0.1, 0.15) is 11.6 Å². The molecule has 0 spiro atoms. The first-order valence-corrected chi connectivity index (χ1v) is 13.5. The highest BCUT2D eigenvalue weighted by atomic mass is 35.5. The molecule has 1 aliphatic rings. The number of carbonyl (C=O) groups excluding carboxylic acids is 1. The zero-order valence-electron chi connectivity index (χ0n) is 20.8. The first kappa shape index (κ1) is 28.7. The number of rotatable bonds is 11. The van der Waals surface area contributed by atoms with E-state index in [-0.39, 0.29) is 17.2 Å². The Balaban J connectivity index is 1.62. The number of piperazine rings is 1. The van der Waals surface area contributed by atoms with Gasteiger partial charge in [-0.25, -0.2) is 9.37 Å². The van der Waals surface area contributed by atoms with Crippen molar-refractivity contribution >= 4 is 46.5 Å². The van der Waals surface area contributed by atoms with Crippen LogP contribution < -0.4 is 27.8 Å². The number of amides is 1. The van der Waals surface area contributed by atoms with E-state index in [0.717, 1.165) is 32.7 Å². The Morgan fingerprint density at radius 2 is 1.84 bits per heavy atom. The molecule has 8 N–H and O–H groups in total. The Kier molecular flexibility index (Phi) is 11.0. The van der Waals surface area contributed by atoms with Crippen LogP contribution in [0.15, 0.2) is 53.3 Å². The average Bonchev–Trinajstić information content (AvgIpc) is 2.89. The highest BCUT2D eigenvalue weighted by molar-refractivity contribution is 8.02. The molecule has 0 aliphatic carbocycles. The minimum absolute atomic E-state index is 0.117. The van der Waals surface area contributed by atoms with Crippen molar-refractivity contribution in [3.05, 3.63) is 69.7 Å². The lowest BCUT2D eigenvalue weighted by Crippen LogP contribution is -2.48. The number of pyridine rings is 1. The lowest BCUT2D eigenvalue weighted by molar-refractivity contribution is -0.116. The van der Waals surface area contributed by atoms with Crippen LogP contribution in [-0.2, 0) is 4.79 Å². The fraction of sp³-hybridized carbons (Fsp3) is 0.360. The van der Waals surface area contributed by atoms with Gasteiger partial charge in [-0.1, -0.05) is 11.6 Å².